The van der Waals surface area contributed by atoms with Crippen molar-refractivity contribution in [3.63, 3.8) is 0 Å². The summed E-state index contributed by atoms with van der Waals surface area (Å²) in [6.45, 7) is 0. The highest BCUT2D eigenvalue weighted by molar-refractivity contribution is 7.80. The summed E-state index contributed by atoms with van der Waals surface area (Å²) < 4.78 is 0. The average Bonchev–Trinajstić information content (AvgIpc) is 2.38. The lowest BCUT2D eigenvalue weighted by Crippen LogP contribution is -1.86. The molecule has 1 rings (SSSR count). The molecule has 1 unspecified atom stereocenters. The number of hydrogen-bond donors (Lipinski definition) is 1. The molecule has 0 aromatic carbocycles. The average molecular weight is 172 g/mol. The lowest BCUT2D eigenvalue weighted by molar-refractivity contribution is -0.107. The molecule has 54 valence electrons. The topological polar surface area (TPSA) is 17.1 Å². The summed E-state index contributed by atoms with van der Waals surface area (Å²) in [6, 6.07) is 3.96. The quantitative estimate of drug-likeness (QED) is 0.547. The van der Waals surface area contributed by atoms with Crippen molar-refractivity contribution in [2.24, 2.45) is 0 Å². The van der Waals surface area contributed by atoms with E-state index in [0.29, 0.717) is 6.42 Å². The largest absolute Gasteiger partial charge is 0.303 e. The molecule has 0 radical (unpaired) electrons. The van der Waals surface area contributed by atoms with E-state index in [2.05, 4.69) is 12.6 Å². The SMILES string of the molecule is O=CCC(S)c1cccs1. The van der Waals surface area contributed by atoms with Crippen LogP contribution in [0.2, 0.25) is 0 Å². The first-order chi connectivity index (χ1) is 4.84. The van der Waals surface area contributed by atoms with Crippen molar-refractivity contribution < 1.29 is 4.79 Å². The van der Waals surface area contributed by atoms with Crippen LogP contribution in [0.4, 0.5) is 0 Å². The van der Waals surface area contributed by atoms with E-state index >= 15 is 0 Å². The van der Waals surface area contributed by atoms with E-state index in [0.717, 1.165) is 11.2 Å². The van der Waals surface area contributed by atoms with Crippen LogP contribution in [0.15, 0.2) is 17.5 Å². The van der Waals surface area contributed by atoms with E-state index in [1.54, 1.807) is 11.3 Å². The first-order valence-corrected chi connectivity index (χ1v) is 4.39. The fraction of sp³-hybridized carbons (Fsp3) is 0.286. The van der Waals surface area contributed by atoms with E-state index in [1.165, 1.54) is 0 Å². The zero-order valence-electron chi connectivity index (χ0n) is 5.36. The van der Waals surface area contributed by atoms with Crippen molar-refractivity contribution in [3.05, 3.63) is 22.4 Å². The molecule has 10 heavy (non-hydrogen) atoms. The number of carbonyl (C=O) groups is 1. The number of carbonyl (C=O) groups excluding carboxylic acids is 1. The molecule has 1 aromatic heterocycles. The number of hydrogen-bond acceptors (Lipinski definition) is 3. The Kier molecular flexibility index (Phi) is 2.96. The molecule has 0 spiro atoms. The van der Waals surface area contributed by atoms with E-state index in [-0.39, 0.29) is 5.25 Å². The summed E-state index contributed by atoms with van der Waals surface area (Å²) in [5.41, 5.74) is 0. The van der Waals surface area contributed by atoms with Gasteiger partial charge >= 0.3 is 0 Å². The van der Waals surface area contributed by atoms with Crippen molar-refractivity contribution >= 4 is 30.3 Å². The highest BCUT2D eigenvalue weighted by Gasteiger charge is 2.04. The molecule has 0 N–H and O–H groups in total. The van der Waals surface area contributed by atoms with Crippen LogP contribution in [-0.4, -0.2) is 6.29 Å². The third-order valence-corrected chi connectivity index (χ3v) is 2.84. The Morgan fingerprint density at radius 2 is 2.60 bits per heavy atom. The normalized spacial score (nSPS) is 12.9. The third-order valence-electron chi connectivity index (χ3n) is 1.19. The lowest BCUT2D eigenvalue weighted by Gasteiger charge is -2.00. The lowest BCUT2D eigenvalue weighted by atomic mass is 10.3. The Bertz CT molecular complexity index is 193. The van der Waals surface area contributed by atoms with Crippen molar-refractivity contribution in [2.45, 2.75) is 11.7 Å². The Labute approximate surface area is 69.5 Å². The van der Waals surface area contributed by atoms with Gasteiger partial charge in [0.25, 0.3) is 0 Å². The van der Waals surface area contributed by atoms with Crippen LogP contribution in [0.1, 0.15) is 16.5 Å². The molecule has 0 saturated heterocycles. The van der Waals surface area contributed by atoms with Gasteiger partial charge in [-0.2, -0.15) is 12.6 Å². The second-order valence-electron chi connectivity index (χ2n) is 1.93. The smallest absolute Gasteiger partial charge is 0.121 e. The minimum absolute atomic E-state index is 0.0949. The molecule has 3 heteroatoms. The minimum Gasteiger partial charge on any atom is -0.303 e. The van der Waals surface area contributed by atoms with Gasteiger partial charge in [-0.1, -0.05) is 6.07 Å². The van der Waals surface area contributed by atoms with E-state index < -0.39 is 0 Å². The molecule has 0 fully saturated rings. The second-order valence-corrected chi connectivity index (χ2v) is 3.54. The summed E-state index contributed by atoms with van der Waals surface area (Å²) in [7, 11) is 0. The maximum atomic E-state index is 10.1. The van der Waals surface area contributed by atoms with E-state index in [1.807, 2.05) is 17.5 Å². The fourth-order valence-electron chi connectivity index (χ4n) is 0.688. The molecule has 0 saturated carbocycles. The van der Waals surface area contributed by atoms with Crippen molar-refractivity contribution in [3.8, 4) is 0 Å². The fourth-order valence-corrected chi connectivity index (χ4v) is 1.77. The molecular weight excluding hydrogens is 164 g/mol. The van der Waals surface area contributed by atoms with Crippen LogP contribution >= 0.6 is 24.0 Å². The predicted octanol–water partition coefficient (Wildman–Crippen LogP) is 2.31. The standard InChI is InChI=1S/C7H8OS2/c8-4-3-6(9)7-2-1-5-10-7/h1-2,4-6,9H,3H2. The van der Waals surface area contributed by atoms with Crippen LogP contribution in [0.5, 0.6) is 0 Å². The zero-order valence-corrected chi connectivity index (χ0v) is 7.07. The molecule has 0 amide bonds. The molecule has 0 aliphatic rings. The molecule has 1 heterocycles. The van der Waals surface area contributed by atoms with Crippen LogP contribution in [-0.2, 0) is 4.79 Å². The molecule has 1 atom stereocenters. The Morgan fingerprint density at radius 3 is 3.10 bits per heavy atom. The van der Waals surface area contributed by atoms with Gasteiger partial charge in [-0.3, -0.25) is 0 Å². The molecule has 1 aromatic rings. The molecule has 1 nitrogen and oxygen atoms in total. The summed E-state index contributed by atoms with van der Waals surface area (Å²) in [4.78, 5) is 11.2. The molecule has 0 bridgehead atoms. The summed E-state index contributed by atoms with van der Waals surface area (Å²) in [5, 5.41) is 2.08. The maximum absolute atomic E-state index is 10.1. The minimum atomic E-state index is 0.0949. The van der Waals surface area contributed by atoms with Crippen LogP contribution < -0.4 is 0 Å². The zero-order chi connectivity index (χ0) is 7.40. The molecule has 0 aliphatic heterocycles. The van der Waals surface area contributed by atoms with Gasteiger partial charge in [0, 0.05) is 16.5 Å². The van der Waals surface area contributed by atoms with Gasteiger partial charge < -0.3 is 4.79 Å². The summed E-state index contributed by atoms with van der Waals surface area (Å²) in [5.74, 6) is 0. The third kappa shape index (κ3) is 1.85. The Morgan fingerprint density at radius 1 is 1.80 bits per heavy atom. The van der Waals surface area contributed by atoms with Crippen LogP contribution in [0.3, 0.4) is 0 Å². The Hall–Kier alpha value is -0.280. The first kappa shape index (κ1) is 7.82. The van der Waals surface area contributed by atoms with Gasteiger partial charge in [0.2, 0.25) is 0 Å². The predicted molar refractivity (Wildman–Crippen MR) is 46.7 cm³/mol. The van der Waals surface area contributed by atoms with Gasteiger partial charge in [-0.25, -0.2) is 0 Å². The van der Waals surface area contributed by atoms with Crippen LogP contribution in [0.25, 0.3) is 0 Å². The van der Waals surface area contributed by atoms with Gasteiger partial charge in [-0.05, 0) is 11.4 Å². The number of aldehydes is 1. The van der Waals surface area contributed by atoms with Crippen molar-refractivity contribution in [1.82, 2.24) is 0 Å². The number of thiol groups is 1. The molecule has 0 aliphatic carbocycles. The number of rotatable bonds is 3. The second kappa shape index (κ2) is 3.78. The van der Waals surface area contributed by atoms with Crippen molar-refractivity contribution in [2.75, 3.05) is 0 Å². The first-order valence-electron chi connectivity index (χ1n) is 2.99. The summed E-state index contributed by atoms with van der Waals surface area (Å²) >= 11 is 5.88. The highest BCUT2D eigenvalue weighted by Crippen LogP contribution is 2.26. The Balaban J connectivity index is 2.58. The number of thiophene rings is 1. The molecular formula is C7H8OS2. The highest BCUT2D eigenvalue weighted by atomic mass is 32.1. The van der Waals surface area contributed by atoms with Gasteiger partial charge in [-0.15, -0.1) is 11.3 Å². The van der Waals surface area contributed by atoms with Crippen molar-refractivity contribution in [1.29, 1.82) is 0 Å². The van der Waals surface area contributed by atoms with Gasteiger partial charge in [0.15, 0.2) is 0 Å². The maximum Gasteiger partial charge on any atom is 0.121 e. The van der Waals surface area contributed by atoms with Gasteiger partial charge in [0.1, 0.15) is 6.29 Å². The van der Waals surface area contributed by atoms with Gasteiger partial charge in [0.05, 0.1) is 0 Å². The summed E-state index contributed by atoms with van der Waals surface area (Å²) in [6.07, 6.45) is 1.40. The van der Waals surface area contributed by atoms with E-state index in [4.69, 9.17) is 0 Å². The monoisotopic (exact) mass is 172 g/mol. The van der Waals surface area contributed by atoms with E-state index in [9.17, 15) is 4.79 Å². The van der Waals surface area contributed by atoms with Crippen LogP contribution in [0, 0.1) is 0 Å².